The fourth-order valence-corrected chi connectivity index (χ4v) is 3.27. The van der Waals surface area contributed by atoms with Crippen LogP contribution >= 0.6 is 0 Å². The van der Waals surface area contributed by atoms with Crippen molar-refractivity contribution in [3.05, 3.63) is 58.7 Å². The normalized spacial score (nSPS) is 26.4. The Morgan fingerprint density at radius 3 is 2.39 bits per heavy atom. The minimum Gasteiger partial charge on any atom is -0.392 e. The standard InChI is InChI=1S/C21H30O2/c1-15(8-7-9-16(2)12-13-22)10-11-19-17(3)14-18(4)20(23)21(19,5)6/h7-13,18,20,23H,14H2,1-6H3/b9-7+,11-10+,15-8+,16-12+. The second-order valence-electron chi connectivity index (χ2n) is 7.19. The molecule has 1 rings (SSSR count). The van der Waals surface area contributed by atoms with E-state index in [0.717, 1.165) is 23.9 Å². The summed E-state index contributed by atoms with van der Waals surface area (Å²) in [5.41, 5.74) is 4.42. The van der Waals surface area contributed by atoms with Gasteiger partial charge in [-0.15, -0.1) is 0 Å². The maximum atomic E-state index is 10.5. The minimum atomic E-state index is -0.314. The summed E-state index contributed by atoms with van der Waals surface area (Å²) in [6.45, 7) is 12.4. The van der Waals surface area contributed by atoms with Crippen LogP contribution < -0.4 is 0 Å². The maximum Gasteiger partial charge on any atom is 0.143 e. The Morgan fingerprint density at radius 1 is 1.17 bits per heavy atom. The highest BCUT2D eigenvalue weighted by Crippen LogP contribution is 2.43. The van der Waals surface area contributed by atoms with E-state index in [9.17, 15) is 9.90 Å². The van der Waals surface area contributed by atoms with Crippen molar-refractivity contribution in [2.75, 3.05) is 0 Å². The largest absolute Gasteiger partial charge is 0.392 e. The van der Waals surface area contributed by atoms with Crippen molar-refractivity contribution in [3.8, 4) is 0 Å². The van der Waals surface area contributed by atoms with E-state index >= 15 is 0 Å². The van der Waals surface area contributed by atoms with E-state index in [1.165, 1.54) is 17.2 Å². The summed E-state index contributed by atoms with van der Waals surface area (Å²) in [7, 11) is 0. The van der Waals surface area contributed by atoms with E-state index in [0.29, 0.717) is 5.92 Å². The monoisotopic (exact) mass is 314 g/mol. The van der Waals surface area contributed by atoms with Gasteiger partial charge in [-0.1, -0.05) is 62.3 Å². The highest BCUT2D eigenvalue weighted by molar-refractivity contribution is 5.66. The molecule has 1 aliphatic carbocycles. The van der Waals surface area contributed by atoms with Crippen molar-refractivity contribution >= 4 is 6.29 Å². The predicted molar refractivity (Wildman–Crippen MR) is 98.1 cm³/mol. The minimum absolute atomic E-state index is 0.225. The van der Waals surface area contributed by atoms with Gasteiger partial charge in [0.1, 0.15) is 6.29 Å². The lowest BCUT2D eigenvalue weighted by molar-refractivity contribution is -0.104. The third-order valence-corrected chi connectivity index (χ3v) is 4.62. The van der Waals surface area contributed by atoms with Crippen molar-refractivity contribution in [1.29, 1.82) is 0 Å². The number of aliphatic hydroxyl groups is 1. The number of aliphatic hydroxyl groups excluding tert-OH is 1. The number of allylic oxidation sites excluding steroid dienone is 9. The van der Waals surface area contributed by atoms with Crippen molar-refractivity contribution in [2.45, 2.75) is 54.1 Å². The van der Waals surface area contributed by atoms with Crippen LogP contribution in [0.3, 0.4) is 0 Å². The first-order chi connectivity index (χ1) is 10.7. The van der Waals surface area contributed by atoms with Gasteiger partial charge in [0, 0.05) is 5.41 Å². The molecular weight excluding hydrogens is 284 g/mol. The highest BCUT2D eigenvalue weighted by atomic mass is 16.3. The molecule has 0 bridgehead atoms. The Hall–Kier alpha value is -1.67. The Balaban J connectivity index is 2.92. The molecule has 0 fully saturated rings. The van der Waals surface area contributed by atoms with Gasteiger partial charge in [-0.2, -0.15) is 0 Å². The third kappa shape index (κ3) is 5.18. The first kappa shape index (κ1) is 19.4. The molecule has 0 heterocycles. The summed E-state index contributed by atoms with van der Waals surface area (Å²) in [5.74, 6) is 0.300. The molecule has 126 valence electrons. The molecule has 0 aliphatic heterocycles. The molecule has 0 saturated heterocycles. The van der Waals surface area contributed by atoms with Crippen molar-refractivity contribution in [3.63, 3.8) is 0 Å². The van der Waals surface area contributed by atoms with Crippen LogP contribution in [-0.2, 0) is 4.79 Å². The molecule has 0 radical (unpaired) electrons. The van der Waals surface area contributed by atoms with E-state index in [1.54, 1.807) is 0 Å². The molecule has 0 aromatic carbocycles. The second kappa shape index (κ2) is 8.26. The summed E-state index contributed by atoms with van der Waals surface area (Å²) in [4.78, 5) is 10.4. The lowest BCUT2D eigenvalue weighted by Gasteiger charge is -2.41. The molecule has 2 heteroatoms. The van der Waals surface area contributed by atoms with Crippen molar-refractivity contribution in [2.24, 2.45) is 11.3 Å². The summed E-state index contributed by atoms with van der Waals surface area (Å²) in [6, 6.07) is 0. The number of aldehydes is 1. The number of carbonyl (C=O) groups excluding carboxylic acids is 1. The van der Waals surface area contributed by atoms with Gasteiger partial charge in [-0.25, -0.2) is 0 Å². The Morgan fingerprint density at radius 2 is 1.78 bits per heavy atom. The van der Waals surface area contributed by atoms with Gasteiger partial charge in [-0.3, -0.25) is 4.79 Å². The van der Waals surface area contributed by atoms with Crippen LogP contribution in [0.5, 0.6) is 0 Å². The summed E-state index contributed by atoms with van der Waals surface area (Å²) >= 11 is 0. The molecule has 2 atom stereocenters. The fraction of sp³-hybridized carbons (Fsp3) is 0.476. The van der Waals surface area contributed by atoms with Crippen LogP contribution in [0.15, 0.2) is 58.7 Å². The molecule has 2 unspecified atom stereocenters. The van der Waals surface area contributed by atoms with Crippen LogP contribution in [0.1, 0.15) is 48.0 Å². The van der Waals surface area contributed by atoms with Crippen LogP contribution in [0.25, 0.3) is 0 Å². The zero-order valence-corrected chi connectivity index (χ0v) is 15.3. The van der Waals surface area contributed by atoms with E-state index in [1.807, 2.05) is 32.1 Å². The molecule has 0 saturated carbocycles. The van der Waals surface area contributed by atoms with Gasteiger partial charge in [0.2, 0.25) is 0 Å². The third-order valence-electron chi connectivity index (χ3n) is 4.62. The first-order valence-electron chi connectivity index (χ1n) is 8.23. The number of carbonyl (C=O) groups is 1. The van der Waals surface area contributed by atoms with E-state index in [-0.39, 0.29) is 11.5 Å². The zero-order valence-electron chi connectivity index (χ0n) is 15.3. The van der Waals surface area contributed by atoms with Gasteiger partial charge in [-0.05, 0) is 50.3 Å². The fourth-order valence-electron chi connectivity index (χ4n) is 3.27. The van der Waals surface area contributed by atoms with Gasteiger partial charge < -0.3 is 5.11 Å². The van der Waals surface area contributed by atoms with E-state index < -0.39 is 0 Å². The average molecular weight is 314 g/mol. The van der Waals surface area contributed by atoms with Crippen LogP contribution in [-0.4, -0.2) is 17.5 Å². The molecule has 0 amide bonds. The topological polar surface area (TPSA) is 37.3 Å². The molecule has 1 aliphatic rings. The molecule has 0 aromatic heterocycles. The molecule has 0 spiro atoms. The summed E-state index contributed by atoms with van der Waals surface area (Å²) in [6.07, 6.45) is 13.1. The summed E-state index contributed by atoms with van der Waals surface area (Å²) < 4.78 is 0. The Labute approximate surface area is 141 Å². The number of rotatable bonds is 5. The summed E-state index contributed by atoms with van der Waals surface area (Å²) in [5, 5.41) is 10.5. The van der Waals surface area contributed by atoms with E-state index in [4.69, 9.17) is 0 Å². The Bertz CT molecular complexity index is 583. The zero-order chi connectivity index (χ0) is 17.6. The van der Waals surface area contributed by atoms with Gasteiger partial charge >= 0.3 is 0 Å². The van der Waals surface area contributed by atoms with Crippen LogP contribution in [0.4, 0.5) is 0 Å². The van der Waals surface area contributed by atoms with Crippen molar-refractivity contribution in [1.82, 2.24) is 0 Å². The molecular formula is C21H30O2. The average Bonchev–Trinajstić information content (AvgIpc) is 2.45. The predicted octanol–water partition coefficient (Wildman–Crippen LogP) is 4.93. The van der Waals surface area contributed by atoms with Crippen LogP contribution in [0.2, 0.25) is 0 Å². The van der Waals surface area contributed by atoms with Gasteiger partial charge in [0.25, 0.3) is 0 Å². The molecule has 23 heavy (non-hydrogen) atoms. The van der Waals surface area contributed by atoms with Crippen LogP contribution in [0, 0.1) is 11.3 Å². The lowest BCUT2D eigenvalue weighted by Crippen LogP contribution is -2.40. The molecule has 0 aromatic rings. The Kier molecular flexibility index (Phi) is 6.96. The van der Waals surface area contributed by atoms with Crippen molar-refractivity contribution < 1.29 is 9.90 Å². The smallest absolute Gasteiger partial charge is 0.143 e. The quantitative estimate of drug-likeness (QED) is 0.443. The lowest BCUT2D eigenvalue weighted by atomic mass is 9.66. The first-order valence-corrected chi connectivity index (χ1v) is 8.23. The number of hydrogen-bond acceptors (Lipinski definition) is 2. The van der Waals surface area contributed by atoms with E-state index in [2.05, 4.69) is 39.8 Å². The van der Waals surface area contributed by atoms with Gasteiger partial charge in [0.15, 0.2) is 0 Å². The molecule has 2 nitrogen and oxygen atoms in total. The highest BCUT2D eigenvalue weighted by Gasteiger charge is 2.38. The number of hydrogen-bond donors (Lipinski definition) is 1. The molecule has 1 N–H and O–H groups in total. The maximum absolute atomic E-state index is 10.5. The van der Waals surface area contributed by atoms with Gasteiger partial charge in [0.05, 0.1) is 6.10 Å². The SMILES string of the molecule is CC1=C(/C=C/C(C)=C/C=C/C(C)=C/C=O)C(C)(C)C(O)C(C)C1. The second-order valence-corrected chi connectivity index (χ2v) is 7.19.